The highest BCUT2D eigenvalue weighted by molar-refractivity contribution is 5.61. The van der Waals surface area contributed by atoms with Crippen molar-refractivity contribution in [1.82, 2.24) is 10.1 Å². The Bertz CT molecular complexity index is 527. The number of halogens is 1. The van der Waals surface area contributed by atoms with Crippen LogP contribution in [0.4, 0.5) is 4.39 Å². The lowest BCUT2D eigenvalue weighted by Gasteiger charge is -2.01. The number of phenols is 2. The largest absolute Gasteiger partial charge is 0.504 e. The summed E-state index contributed by atoms with van der Waals surface area (Å²) in [5, 5.41) is 21.7. The van der Waals surface area contributed by atoms with Crippen molar-refractivity contribution in [3.8, 4) is 22.9 Å². The van der Waals surface area contributed by atoms with Gasteiger partial charge >= 0.3 is 0 Å². The van der Waals surface area contributed by atoms with Gasteiger partial charge in [-0.25, -0.2) is 4.39 Å². The second-order valence-electron chi connectivity index (χ2n) is 3.01. The van der Waals surface area contributed by atoms with Crippen molar-refractivity contribution >= 4 is 0 Å². The standard InChI is InChI=1S/C9H8FN3O3/c10-7-4(1-2-5(14)8(7)15)9-12-6(3-11)16-13-9/h1-2,14-15H,3,11H2. The lowest BCUT2D eigenvalue weighted by atomic mass is 10.2. The van der Waals surface area contributed by atoms with Crippen LogP contribution in [0.3, 0.4) is 0 Å². The molecule has 0 aliphatic heterocycles. The van der Waals surface area contributed by atoms with Gasteiger partial charge in [-0.2, -0.15) is 4.98 Å². The van der Waals surface area contributed by atoms with Gasteiger partial charge in [0.1, 0.15) is 0 Å². The van der Waals surface area contributed by atoms with Crippen LogP contribution in [0.25, 0.3) is 11.4 Å². The summed E-state index contributed by atoms with van der Waals surface area (Å²) >= 11 is 0. The molecule has 0 amide bonds. The van der Waals surface area contributed by atoms with Crippen molar-refractivity contribution in [2.75, 3.05) is 0 Å². The van der Waals surface area contributed by atoms with Gasteiger partial charge in [0.25, 0.3) is 0 Å². The van der Waals surface area contributed by atoms with Gasteiger partial charge in [0.15, 0.2) is 17.3 Å². The summed E-state index contributed by atoms with van der Waals surface area (Å²) in [5.74, 6) is -2.29. The summed E-state index contributed by atoms with van der Waals surface area (Å²) in [6.45, 7) is 0.0404. The minimum absolute atomic E-state index is 0.0340. The van der Waals surface area contributed by atoms with Crippen molar-refractivity contribution in [3.05, 3.63) is 23.8 Å². The van der Waals surface area contributed by atoms with E-state index in [4.69, 9.17) is 15.4 Å². The normalized spacial score (nSPS) is 10.6. The van der Waals surface area contributed by atoms with Crippen molar-refractivity contribution in [2.45, 2.75) is 6.54 Å². The molecule has 6 nitrogen and oxygen atoms in total. The molecular formula is C9H8FN3O3. The molecule has 2 rings (SSSR count). The maximum atomic E-state index is 13.5. The molecule has 0 aliphatic rings. The predicted molar refractivity (Wildman–Crippen MR) is 50.9 cm³/mol. The van der Waals surface area contributed by atoms with Crippen LogP contribution >= 0.6 is 0 Å². The first-order chi connectivity index (χ1) is 7.63. The Morgan fingerprint density at radius 2 is 2.12 bits per heavy atom. The Kier molecular flexibility index (Phi) is 2.45. The van der Waals surface area contributed by atoms with Gasteiger partial charge < -0.3 is 20.5 Å². The number of benzene rings is 1. The molecule has 0 saturated carbocycles. The number of nitrogens with two attached hydrogens (primary N) is 1. The van der Waals surface area contributed by atoms with Gasteiger partial charge in [-0.3, -0.25) is 0 Å². The van der Waals surface area contributed by atoms with Crippen LogP contribution in [0.5, 0.6) is 11.5 Å². The summed E-state index contributed by atoms with van der Waals surface area (Å²) in [7, 11) is 0. The van der Waals surface area contributed by atoms with Gasteiger partial charge in [0.05, 0.1) is 12.1 Å². The average Bonchev–Trinajstić information content (AvgIpc) is 2.74. The second kappa shape index (κ2) is 3.78. The molecule has 4 N–H and O–H groups in total. The van der Waals surface area contributed by atoms with Crippen LogP contribution in [0.1, 0.15) is 5.89 Å². The molecule has 1 aromatic heterocycles. The molecule has 1 aromatic carbocycles. The third-order valence-corrected chi connectivity index (χ3v) is 1.98. The number of aromatic nitrogens is 2. The van der Waals surface area contributed by atoms with Crippen molar-refractivity contribution in [1.29, 1.82) is 0 Å². The third-order valence-electron chi connectivity index (χ3n) is 1.98. The maximum absolute atomic E-state index is 13.5. The average molecular weight is 225 g/mol. The fraction of sp³-hybridized carbons (Fsp3) is 0.111. The van der Waals surface area contributed by atoms with E-state index >= 15 is 0 Å². The molecule has 0 radical (unpaired) electrons. The highest BCUT2D eigenvalue weighted by atomic mass is 19.1. The summed E-state index contributed by atoms with van der Waals surface area (Å²) < 4.78 is 18.2. The van der Waals surface area contributed by atoms with Crippen molar-refractivity contribution in [3.63, 3.8) is 0 Å². The van der Waals surface area contributed by atoms with Gasteiger partial charge in [-0.05, 0) is 12.1 Å². The summed E-state index contributed by atoms with van der Waals surface area (Å²) in [6.07, 6.45) is 0. The first-order valence-electron chi connectivity index (χ1n) is 4.37. The van der Waals surface area contributed by atoms with E-state index in [-0.39, 0.29) is 23.8 Å². The molecule has 16 heavy (non-hydrogen) atoms. The monoisotopic (exact) mass is 225 g/mol. The lowest BCUT2D eigenvalue weighted by Crippen LogP contribution is -1.96. The first-order valence-corrected chi connectivity index (χ1v) is 4.37. The van der Waals surface area contributed by atoms with Crippen LogP contribution in [0, 0.1) is 5.82 Å². The molecule has 2 aromatic rings. The zero-order chi connectivity index (χ0) is 11.7. The van der Waals surface area contributed by atoms with E-state index in [1.807, 2.05) is 0 Å². The number of hydrogen-bond acceptors (Lipinski definition) is 6. The highest BCUT2D eigenvalue weighted by Crippen LogP contribution is 2.33. The van der Waals surface area contributed by atoms with Crippen molar-refractivity contribution in [2.24, 2.45) is 5.73 Å². The fourth-order valence-corrected chi connectivity index (χ4v) is 1.17. The molecule has 0 saturated heterocycles. The third kappa shape index (κ3) is 1.57. The van der Waals surface area contributed by atoms with E-state index in [0.29, 0.717) is 0 Å². The van der Waals surface area contributed by atoms with Gasteiger partial charge in [-0.1, -0.05) is 5.16 Å². The zero-order valence-corrected chi connectivity index (χ0v) is 8.01. The fourth-order valence-electron chi connectivity index (χ4n) is 1.17. The van der Waals surface area contributed by atoms with Gasteiger partial charge in [0, 0.05) is 0 Å². The molecule has 0 unspecified atom stereocenters. The quantitative estimate of drug-likeness (QED) is 0.651. The van der Waals surface area contributed by atoms with Crippen LogP contribution in [0.2, 0.25) is 0 Å². The Morgan fingerprint density at radius 1 is 1.38 bits per heavy atom. The van der Waals surface area contributed by atoms with Gasteiger partial charge in [-0.15, -0.1) is 0 Å². The Labute approximate surface area is 89.1 Å². The van der Waals surface area contributed by atoms with Crippen LogP contribution in [-0.2, 0) is 6.54 Å². The van der Waals surface area contributed by atoms with E-state index in [0.717, 1.165) is 6.07 Å². The smallest absolute Gasteiger partial charge is 0.240 e. The molecule has 0 atom stereocenters. The number of nitrogens with zero attached hydrogens (tertiary/aromatic N) is 2. The molecular weight excluding hydrogens is 217 g/mol. The van der Waals surface area contributed by atoms with Crippen LogP contribution in [-0.4, -0.2) is 20.4 Å². The van der Waals surface area contributed by atoms with E-state index in [9.17, 15) is 9.50 Å². The number of aromatic hydroxyl groups is 2. The Hall–Kier alpha value is -2.15. The Balaban J connectivity index is 2.52. The molecule has 7 heteroatoms. The number of hydrogen-bond donors (Lipinski definition) is 3. The lowest BCUT2D eigenvalue weighted by molar-refractivity contribution is 0.376. The topological polar surface area (TPSA) is 105 Å². The van der Waals surface area contributed by atoms with Gasteiger partial charge in [0.2, 0.25) is 11.7 Å². The van der Waals surface area contributed by atoms with Crippen LogP contribution in [0.15, 0.2) is 16.7 Å². The molecule has 0 bridgehead atoms. The van der Waals surface area contributed by atoms with E-state index in [2.05, 4.69) is 10.1 Å². The maximum Gasteiger partial charge on any atom is 0.240 e. The predicted octanol–water partition coefficient (Wildman–Crippen LogP) is 0.746. The molecule has 0 aliphatic carbocycles. The minimum atomic E-state index is -1.01. The molecule has 84 valence electrons. The summed E-state index contributed by atoms with van der Waals surface area (Å²) in [4.78, 5) is 3.80. The zero-order valence-electron chi connectivity index (χ0n) is 8.01. The first kappa shape index (κ1) is 10.4. The Morgan fingerprint density at radius 3 is 2.75 bits per heavy atom. The summed E-state index contributed by atoms with van der Waals surface area (Å²) in [6, 6.07) is 2.36. The van der Waals surface area contributed by atoms with E-state index in [1.165, 1.54) is 6.07 Å². The molecule has 0 fully saturated rings. The number of rotatable bonds is 2. The van der Waals surface area contributed by atoms with Crippen molar-refractivity contribution < 1.29 is 19.1 Å². The molecule has 1 heterocycles. The summed E-state index contributed by atoms with van der Waals surface area (Å²) in [5.41, 5.74) is 5.18. The highest BCUT2D eigenvalue weighted by Gasteiger charge is 2.17. The van der Waals surface area contributed by atoms with Crippen LogP contribution < -0.4 is 5.73 Å². The second-order valence-corrected chi connectivity index (χ2v) is 3.01. The minimum Gasteiger partial charge on any atom is -0.504 e. The van der Waals surface area contributed by atoms with E-state index < -0.39 is 17.3 Å². The SMILES string of the molecule is NCc1nc(-c2ccc(O)c(O)c2F)no1. The van der Waals surface area contributed by atoms with E-state index in [1.54, 1.807) is 0 Å². The molecule has 0 spiro atoms. The number of phenolic OH excluding ortho intramolecular Hbond substituents is 2.